The molecule has 10 heteroatoms. The number of nitrogens with zero attached hydrogens (tertiary/aromatic N) is 5. The second-order valence-corrected chi connectivity index (χ2v) is 7.51. The molecule has 0 unspecified atom stereocenters. The normalized spacial score (nSPS) is 13.2. The van der Waals surface area contributed by atoms with Gasteiger partial charge in [0.25, 0.3) is 0 Å². The first-order valence-electron chi connectivity index (χ1n) is 10.3. The van der Waals surface area contributed by atoms with Gasteiger partial charge >= 0.3 is 0 Å². The van der Waals surface area contributed by atoms with Crippen LogP contribution in [-0.4, -0.2) is 53.9 Å². The van der Waals surface area contributed by atoms with E-state index in [1.807, 2.05) is 0 Å². The van der Waals surface area contributed by atoms with E-state index in [0.717, 1.165) is 19.3 Å². The van der Waals surface area contributed by atoms with Crippen molar-refractivity contribution in [3.05, 3.63) is 36.3 Å². The molecule has 0 saturated heterocycles. The first kappa shape index (κ1) is 20.7. The second-order valence-electron chi connectivity index (χ2n) is 7.51. The largest absolute Gasteiger partial charge is 0.493 e. The Hall–Kier alpha value is -3.53. The highest BCUT2D eigenvalue weighted by atomic mass is 16.3. The molecule has 0 aliphatic heterocycles. The predicted molar refractivity (Wildman–Crippen MR) is 115 cm³/mol. The number of nitrogens with one attached hydrogen (secondary N) is 2. The lowest BCUT2D eigenvalue weighted by Crippen LogP contribution is -2.11. The number of aliphatic hydroxyl groups is 1. The quantitative estimate of drug-likeness (QED) is 0.286. The zero-order chi connectivity index (χ0) is 21.8. The van der Waals surface area contributed by atoms with Crippen LogP contribution in [0, 0.1) is 5.92 Å². The monoisotopic (exact) mass is 423 g/mol. The predicted octanol–water partition coefficient (Wildman–Crippen LogP) is 2.50. The molecule has 31 heavy (non-hydrogen) atoms. The summed E-state index contributed by atoms with van der Waals surface area (Å²) < 4.78 is 1.34. The molecule has 4 rings (SSSR count). The fourth-order valence-electron chi connectivity index (χ4n) is 3.17. The van der Waals surface area contributed by atoms with Crippen LogP contribution in [0.15, 0.2) is 30.7 Å². The number of Topliss-reactive ketones (excluding diaryl/α,β-unsaturated/α-hetero) is 1. The third kappa shape index (κ3) is 4.80. The van der Waals surface area contributed by atoms with Crippen LogP contribution in [0.1, 0.15) is 36.0 Å². The molecule has 3 aromatic rings. The van der Waals surface area contributed by atoms with E-state index in [0.29, 0.717) is 47.2 Å². The fourth-order valence-corrected chi connectivity index (χ4v) is 3.17. The van der Waals surface area contributed by atoms with E-state index in [1.165, 1.54) is 10.9 Å². The first-order chi connectivity index (χ1) is 15.1. The third-order valence-electron chi connectivity index (χ3n) is 5.08. The molecule has 1 aliphatic carbocycles. The van der Waals surface area contributed by atoms with E-state index in [4.69, 9.17) is 5.11 Å². The summed E-state index contributed by atoms with van der Waals surface area (Å²) in [6.45, 7) is 0.786. The van der Waals surface area contributed by atoms with Gasteiger partial charge in [0.15, 0.2) is 11.6 Å². The maximum Gasteiger partial charge on any atom is 0.220 e. The van der Waals surface area contributed by atoms with Crippen molar-refractivity contribution in [3.8, 4) is 17.3 Å². The van der Waals surface area contributed by atoms with Gasteiger partial charge in [-0.3, -0.25) is 4.79 Å². The van der Waals surface area contributed by atoms with Crippen molar-refractivity contribution >= 4 is 23.1 Å². The SMILES string of the molecule is Cn1ncc(-c2nccc(Nc3cc(NCCCCO)c(C(=O)C4CC4)cn3)n2)c1O. The Labute approximate surface area is 179 Å². The Kier molecular flexibility index (Phi) is 6.08. The van der Waals surface area contributed by atoms with Crippen LogP contribution in [0.5, 0.6) is 5.88 Å². The van der Waals surface area contributed by atoms with Crippen LogP contribution in [0.25, 0.3) is 11.4 Å². The molecule has 162 valence electrons. The maximum atomic E-state index is 12.6. The number of aliphatic hydroxyl groups excluding tert-OH is 1. The lowest BCUT2D eigenvalue weighted by Gasteiger charge is -2.13. The molecule has 1 saturated carbocycles. The molecule has 0 amide bonds. The van der Waals surface area contributed by atoms with Gasteiger partial charge in [-0.05, 0) is 31.7 Å². The Morgan fingerprint density at radius 2 is 2.06 bits per heavy atom. The number of hydrogen-bond donors (Lipinski definition) is 4. The molecule has 1 aliphatic rings. The highest BCUT2D eigenvalue weighted by molar-refractivity contribution is 6.04. The number of aryl methyl sites for hydroxylation is 1. The van der Waals surface area contributed by atoms with Gasteiger partial charge in [0, 0.05) is 44.6 Å². The van der Waals surface area contributed by atoms with Gasteiger partial charge in [-0.25, -0.2) is 19.6 Å². The lowest BCUT2D eigenvalue weighted by molar-refractivity contribution is 0.0968. The summed E-state index contributed by atoms with van der Waals surface area (Å²) in [6, 6.07) is 3.48. The number of anilines is 3. The highest BCUT2D eigenvalue weighted by Crippen LogP contribution is 2.35. The molecular formula is C21H25N7O3. The summed E-state index contributed by atoms with van der Waals surface area (Å²) in [5.41, 5.74) is 1.72. The van der Waals surface area contributed by atoms with E-state index in [-0.39, 0.29) is 24.2 Å². The smallest absolute Gasteiger partial charge is 0.220 e. The van der Waals surface area contributed by atoms with Gasteiger partial charge in [0.05, 0.1) is 17.4 Å². The zero-order valence-corrected chi connectivity index (χ0v) is 17.2. The van der Waals surface area contributed by atoms with Crippen LogP contribution >= 0.6 is 0 Å². The number of aromatic hydroxyl groups is 1. The molecule has 1 fully saturated rings. The summed E-state index contributed by atoms with van der Waals surface area (Å²) in [7, 11) is 1.63. The zero-order valence-electron chi connectivity index (χ0n) is 17.2. The molecular weight excluding hydrogens is 398 g/mol. The number of hydrogen-bond acceptors (Lipinski definition) is 9. The molecule has 0 radical (unpaired) electrons. The molecule has 0 bridgehead atoms. The minimum atomic E-state index is -0.0208. The van der Waals surface area contributed by atoms with Gasteiger partial charge in [0.2, 0.25) is 5.88 Å². The number of unbranched alkanes of at least 4 members (excludes halogenated alkanes) is 1. The first-order valence-corrected chi connectivity index (χ1v) is 10.3. The summed E-state index contributed by atoms with van der Waals surface area (Å²) in [5.74, 6) is 1.53. The number of pyridine rings is 1. The Morgan fingerprint density at radius 3 is 2.77 bits per heavy atom. The molecule has 0 atom stereocenters. The van der Waals surface area contributed by atoms with Crippen LogP contribution in [0.4, 0.5) is 17.3 Å². The van der Waals surface area contributed by atoms with Gasteiger partial charge < -0.3 is 20.8 Å². The number of aromatic nitrogens is 5. The van der Waals surface area contributed by atoms with Crippen molar-refractivity contribution in [1.82, 2.24) is 24.7 Å². The van der Waals surface area contributed by atoms with Crippen LogP contribution in [0.3, 0.4) is 0 Å². The Bertz CT molecular complexity index is 1080. The van der Waals surface area contributed by atoms with Gasteiger partial charge in [0.1, 0.15) is 17.2 Å². The molecule has 3 heterocycles. The standard InChI is InChI=1S/C21H25N7O3/c1-28-21(31)15(12-25-28)20-23-8-6-17(27-20)26-18-10-16(22-7-2-3-9-29)14(11-24-18)19(30)13-4-5-13/h6,8,10-13,29,31H,2-5,7,9H2,1H3,(H2,22,23,24,26,27). The average molecular weight is 423 g/mol. The summed E-state index contributed by atoms with van der Waals surface area (Å²) >= 11 is 0. The van der Waals surface area contributed by atoms with Crippen molar-refractivity contribution < 1.29 is 15.0 Å². The van der Waals surface area contributed by atoms with E-state index in [2.05, 4.69) is 30.7 Å². The Balaban J connectivity index is 1.56. The Morgan fingerprint density at radius 1 is 1.23 bits per heavy atom. The van der Waals surface area contributed by atoms with E-state index >= 15 is 0 Å². The van der Waals surface area contributed by atoms with Crippen LogP contribution in [-0.2, 0) is 7.05 Å². The van der Waals surface area contributed by atoms with E-state index in [1.54, 1.807) is 31.6 Å². The summed E-state index contributed by atoms with van der Waals surface area (Å²) in [5, 5.41) is 29.5. The minimum Gasteiger partial charge on any atom is -0.493 e. The van der Waals surface area contributed by atoms with Crippen molar-refractivity contribution in [2.45, 2.75) is 25.7 Å². The minimum absolute atomic E-state index is 0.0208. The van der Waals surface area contributed by atoms with Crippen molar-refractivity contribution in [2.24, 2.45) is 13.0 Å². The topological polar surface area (TPSA) is 138 Å². The second kappa shape index (κ2) is 9.09. The summed E-state index contributed by atoms with van der Waals surface area (Å²) in [4.78, 5) is 25.7. The van der Waals surface area contributed by atoms with Crippen molar-refractivity contribution in [2.75, 3.05) is 23.8 Å². The summed E-state index contributed by atoms with van der Waals surface area (Å²) in [6.07, 6.45) is 8.01. The molecule has 3 aromatic heterocycles. The molecule has 4 N–H and O–H groups in total. The molecule has 10 nitrogen and oxygen atoms in total. The van der Waals surface area contributed by atoms with Gasteiger partial charge in [-0.2, -0.15) is 5.10 Å². The van der Waals surface area contributed by atoms with E-state index < -0.39 is 0 Å². The number of carbonyl (C=O) groups is 1. The highest BCUT2D eigenvalue weighted by Gasteiger charge is 2.32. The number of carbonyl (C=O) groups excluding carboxylic acids is 1. The average Bonchev–Trinajstić information content (AvgIpc) is 3.57. The fraction of sp³-hybridized carbons (Fsp3) is 0.381. The van der Waals surface area contributed by atoms with Crippen molar-refractivity contribution in [1.29, 1.82) is 0 Å². The number of ketones is 1. The third-order valence-corrected chi connectivity index (χ3v) is 5.08. The number of rotatable bonds is 10. The maximum absolute atomic E-state index is 12.6. The van der Waals surface area contributed by atoms with Crippen LogP contribution in [0.2, 0.25) is 0 Å². The molecule has 0 spiro atoms. The van der Waals surface area contributed by atoms with Gasteiger partial charge in [-0.15, -0.1) is 0 Å². The van der Waals surface area contributed by atoms with E-state index in [9.17, 15) is 9.90 Å². The van der Waals surface area contributed by atoms with Crippen molar-refractivity contribution in [3.63, 3.8) is 0 Å². The van der Waals surface area contributed by atoms with Gasteiger partial charge in [-0.1, -0.05) is 0 Å². The molecule has 0 aromatic carbocycles. The van der Waals surface area contributed by atoms with Crippen LogP contribution < -0.4 is 10.6 Å². The lowest BCUT2D eigenvalue weighted by atomic mass is 10.1.